The fraction of sp³-hybridized carbons (Fsp3) is 0.917. The lowest BCUT2D eigenvalue weighted by molar-refractivity contribution is 0.171. The largest absolute Gasteiger partial charge is 0.323 e. The molecule has 4 nitrogen and oxygen atoms in total. The molecule has 2 aliphatic heterocycles. The molecule has 0 aliphatic carbocycles. The van der Waals surface area contributed by atoms with Crippen molar-refractivity contribution in [2.24, 2.45) is 5.92 Å². The Morgan fingerprint density at radius 1 is 1.44 bits per heavy atom. The van der Waals surface area contributed by atoms with Gasteiger partial charge in [-0.2, -0.15) is 0 Å². The van der Waals surface area contributed by atoms with Crippen LogP contribution >= 0.6 is 0 Å². The molecule has 2 atom stereocenters. The van der Waals surface area contributed by atoms with Crippen LogP contribution in [0.25, 0.3) is 0 Å². The summed E-state index contributed by atoms with van der Waals surface area (Å²) in [5, 5.41) is 3.38. The number of amides is 2. The van der Waals surface area contributed by atoms with Crippen molar-refractivity contribution in [3.05, 3.63) is 0 Å². The van der Waals surface area contributed by atoms with Crippen molar-refractivity contribution in [1.82, 2.24) is 15.1 Å². The van der Waals surface area contributed by atoms with Crippen LogP contribution in [0.3, 0.4) is 0 Å². The van der Waals surface area contributed by atoms with E-state index < -0.39 is 0 Å². The number of urea groups is 1. The Bertz CT molecular complexity index is 261. The van der Waals surface area contributed by atoms with Crippen molar-refractivity contribution in [3.8, 4) is 0 Å². The summed E-state index contributed by atoms with van der Waals surface area (Å²) in [5.74, 6) is 0.537. The Hall–Kier alpha value is -0.770. The first-order valence-corrected chi connectivity index (χ1v) is 6.35. The molecule has 2 unspecified atom stereocenters. The van der Waals surface area contributed by atoms with Crippen molar-refractivity contribution < 1.29 is 4.79 Å². The zero-order valence-electron chi connectivity index (χ0n) is 10.6. The first kappa shape index (κ1) is 11.7. The van der Waals surface area contributed by atoms with Gasteiger partial charge >= 0.3 is 6.03 Å². The number of rotatable bonds is 2. The lowest BCUT2D eigenvalue weighted by Gasteiger charge is -2.31. The van der Waals surface area contributed by atoms with Gasteiger partial charge in [0.25, 0.3) is 0 Å². The third-order valence-electron chi connectivity index (χ3n) is 3.91. The van der Waals surface area contributed by atoms with Crippen LogP contribution in [0, 0.1) is 5.92 Å². The molecule has 2 rings (SSSR count). The van der Waals surface area contributed by atoms with Crippen molar-refractivity contribution in [2.45, 2.75) is 38.8 Å². The van der Waals surface area contributed by atoms with Crippen molar-refractivity contribution in [1.29, 1.82) is 0 Å². The van der Waals surface area contributed by atoms with Crippen molar-refractivity contribution >= 4 is 6.03 Å². The van der Waals surface area contributed by atoms with Gasteiger partial charge in [0.1, 0.15) is 0 Å². The third-order valence-corrected chi connectivity index (χ3v) is 3.91. The van der Waals surface area contributed by atoms with E-state index in [2.05, 4.69) is 24.1 Å². The van der Waals surface area contributed by atoms with E-state index >= 15 is 0 Å². The van der Waals surface area contributed by atoms with E-state index in [0.717, 1.165) is 26.1 Å². The number of carbonyl (C=O) groups excluding carboxylic acids is 1. The lowest BCUT2D eigenvalue weighted by Crippen LogP contribution is -2.47. The Kier molecular flexibility index (Phi) is 3.38. The molecule has 0 bridgehead atoms. The van der Waals surface area contributed by atoms with Crippen LogP contribution in [-0.4, -0.2) is 54.6 Å². The summed E-state index contributed by atoms with van der Waals surface area (Å²) in [6, 6.07) is 1.01. The summed E-state index contributed by atoms with van der Waals surface area (Å²) in [5.41, 5.74) is 0. The molecule has 0 aromatic carbocycles. The van der Waals surface area contributed by atoms with E-state index in [1.807, 2.05) is 11.9 Å². The summed E-state index contributed by atoms with van der Waals surface area (Å²) in [6.45, 7) is 7.35. The Morgan fingerprint density at radius 2 is 2.19 bits per heavy atom. The van der Waals surface area contributed by atoms with Crippen LogP contribution in [-0.2, 0) is 0 Å². The molecule has 4 heteroatoms. The van der Waals surface area contributed by atoms with E-state index in [0.29, 0.717) is 18.0 Å². The zero-order chi connectivity index (χ0) is 11.7. The molecule has 1 N–H and O–H groups in total. The van der Waals surface area contributed by atoms with Gasteiger partial charge in [-0.1, -0.05) is 13.8 Å². The Labute approximate surface area is 98.0 Å². The predicted octanol–water partition coefficient (Wildman–Crippen LogP) is 1.13. The predicted molar refractivity (Wildman–Crippen MR) is 64.4 cm³/mol. The number of nitrogens with one attached hydrogen (secondary N) is 1. The molecular formula is C12H23N3O. The smallest absolute Gasteiger partial charge is 0.320 e. The lowest BCUT2D eigenvalue weighted by atomic mass is 10.0. The standard InChI is InChI=1S/C12H23N3O/c1-9(2)11-8-15(12(16)14(11)3)10-5-4-6-13-7-10/h9-11,13H,4-8H2,1-3H3. The molecular weight excluding hydrogens is 202 g/mol. The van der Waals surface area contributed by atoms with E-state index in [4.69, 9.17) is 0 Å². The molecule has 2 aliphatic rings. The highest BCUT2D eigenvalue weighted by molar-refractivity contribution is 5.77. The van der Waals surface area contributed by atoms with Crippen molar-refractivity contribution in [2.75, 3.05) is 26.7 Å². The molecule has 0 radical (unpaired) electrons. The second-order valence-corrected chi connectivity index (χ2v) is 5.36. The van der Waals surface area contributed by atoms with Crippen LogP contribution in [0.4, 0.5) is 4.79 Å². The third kappa shape index (κ3) is 2.03. The molecule has 0 aromatic heterocycles. The SMILES string of the molecule is CC(C)C1CN(C2CCCNC2)C(=O)N1C. The summed E-state index contributed by atoms with van der Waals surface area (Å²) in [6.07, 6.45) is 2.34. The Morgan fingerprint density at radius 3 is 2.69 bits per heavy atom. The molecule has 2 amide bonds. The average molecular weight is 225 g/mol. The number of carbonyl (C=O) groups is 1. The zero-order valence-corrected chi connectivity index (χ0v) is 10.6. The maximum absolute atomic E-state index is 12.1. The van der Waals surface area contributed by atoms with Crippen molar-refractivity contribution in [3.63, 3.8) is 0 Å². The maximum atomic E-state index is 12.1. The number of nitrogens with zero attached hydrogens (tertiary/aromatic N) is 2. The molecule has 16 heavy (non-hydrogen) atoms. The first-order chi connectivity index (χ1) is 7.61. The van der Waals surface area contributed by atoms with Crippen LogP contribution < -0.4 is 5.32 Å². The van der Waals surface area contributed by atoms with Crippen LogP contribution in [0.5, 0.6) is 0 Å². The molecule has 2 fully saturated rings. The number of piperidine rings is 1. The first-order valence-electron chi connectivity index (χ1n) is 6.35. The maximum Gasteiger partial charge on any atom is 0.320 e. The minimum absolute atomic E-state index is 0.215. The van der Waals surface area contributed by atoms with E-state index in [9.17, 15) is 4.79 Å². The summed E-state index contributed by atoms with van der Waals surface area (Å²) >= 11 is 0. The normalized spacial score (nSPS) is 31.6. The number of hydrogen-bond donors (Lipinski definition) is 1. The minimum Gasteiger partial charge on any atom is -0.323 e. The number of hydrogen-bond acceptors (Lipinski definition) is 2. The molecule has 92 valence electrons. The summed E-state index contributed by atoms with van der Waals surface area (Å²) in [7, 11) is 1.93. The average Bonchev–Trinajstić information content (AvgIpc) is 2.58. The molecule has 2 heterocycles. The monoisotopic (exact) mass is 225 g/mol. The fourth-order valence-corrected chi connectivity index (χ4v) is 2.81. The van der Waals surface area contributed by atoms with Gasteiger partial charge in [0.2, 0.25) is 0 Å². The topological polar surface area (TPSA) is 35.6 Å². The van der Waals surface area contributed by atoms with Gasteiger partial charge in [-0.25, -0.2) is 4.79 Å². The van der Waals surface area contributed by atoms with Gasteiger partial charge in [-0.3, -0.25) is 0 Å². The highest BCUT2D eigenvalue weighted by Crippen LogP contribution is 2.24. The molecule has 2 saturated heterocycles. The van der Waals surface area contributed by atoms with Crippen LogP contribution in [0.15, 0.2) is 0 Å². The second-order valence-electron chi connectivity index (χ2n) is 5.36. The van der Waals surface area contributed by atoms with E-state index in [1.165, 1.54) is 6.42 Å². The van der Waals surface area contributed by atoms with E-state index in [-0.39, 0.29) is 6.03 Å². The van der Waals surface area contributed by atoms with Gasteiger partial charge in [-0.05, 0) is 25.3 Å². The van der Waals surface area contributed by atoms with Crippen LogP contribution in [0.2, 0.25) is 0 Å². The van der Waals surface area contributed by atoms with Gasteiger partial charge in [0.05, 0.1) is 6.04 Å². The fourth-order valence-electron chi connectivity index (χ4n) is 2.81. The van der Waals surface area contributed by atoms with E-state index in [1.54, 1.807) is 0 Å². The highest BCUT2D eigenvalue weighted by Gasteiger charge is 2.39. The van der Waals surface area contributed by atoms with Gasteiger partial charge < -0.3 is 15.1 Å². The Balaban J connectivity index is 2.03. The molecule has 0 aromatic rings. The summed E-state index contributed by atoms with van der Waals surface area (Å²) < 4.78 is 0. The second kappa shape index (κ2) is 4.62. The number of likely N-dealkylation sites (N-methyl/N-ethyl adjacent to an activating group) is 1. The quantitative estimate of drug-likeness (QED) is 0.764. The highest BCUT2D eigenvalue weighted by atomic mass is 16.2. The minimum atomic E-state index is 0.215. The van der Waals surface area contributed by atoms with Crippen LogP contribution in [0.1, 0.15) is 26.7 Å². The van der Waals surface area contributed by atoms with Gasteiger partial charge in [-0.15, -0.1) is 0 Å². The van der Waals surface area contributed by atoms with Gasteiger partial charge in [0.15, 0.2) is 0 Å². The molecule has 0 spiro atoms. The van der Waals surface area contributed by atoms with Gasteiger partial charge in [0, 0.05) is 26.2 Å². The molecule has 0 saturated carbocycles. The summed E-state index contributed by atoms with van der Waals surface area (Å²) in [4.78, 5) is 16.1.